The third-order valence-corrected chi connectivity index (χ3v) is 7.56. The van der Waals surface area contributed by atoms with Gasteiger partial charge in [0, 0.05) is 16.1 Å². The number of hydrogen-bond acceptors (Lipinski definition) is 5. The van der Waals surface area contributed by atoms with Crippen LogP contribution in [-0.4, -0.2) is 29.0 Å². The molecule has 0 saturated carbocycles. The fraction of sp³-hybridized carbons (Fsp3) is 0.214. The number of benzene rings is 3. The maximum absolute atomic E-state index is 14.0. The fourth-order valence-corrected chi connectivity index (χ4v) is 5.89. The van der Waals surface area contributed by atoms with Crippen molar-refractivity contribution in [3.63, 3.8) is 0 Å². The van der Waals surface area contributed by atoms with Crippen molar-refractivity contribution in [1.29, 1.82) is 0 Å². The standard InChI is InChI=1S/C28H20ClNO5/c1-14-7-12-20(15(2)13-14)30-26(33)21-22(27(30)34)28(35-23(21)16-8-10-17(29)11-9-16)24(31)18-5-3-4-6-19(18)25(28)32/h3-13,21-23H,1-2H3/t21-,22+,23-/m0/s1. The number of imide groups is 1. The molecule has 0 N–H and O–H groups in total. The van der Waals surface area contributed by atoms with Crippen molar-refractivity contribution in [3.8, 4) is 0 Å². The summed E-state index contributed by atoms with van der Waals surface area (Å²) < 4.78 is 6.27. The zero-order valence-electron chi connectivity index (χ0n) is 18.9. The molecule has 0 radical (unpaired) electrons. The van der Waals surface area contributed by atoms with E-state index in [9.17, 15) is 19.2 Å². The monoisotopic (exact) mass is 485 g/mol. The van der Waals surface area contributed by atoms with Gasteiger partial charge in [0.25, 0.3) is 0 Å². The third-order valence-electron chi connectivity index (χ3n) is 7.31. The van der Waals surface area contributed by atoms with Gasteiger partial charge in [0.1, 0.15) is 0 Å². The van der Waals surface area contributed by atoms with Gasteiger partial charge in [-0.05, 0) is 43.2 Å². The molecule has 7 heteroatoms. The molecule has 2 amide bonds. The molecule has 0 aromatic heterocycles. The lowest BCUT2D eigenvalue weighted by Crippen LogP contribution is -2.51. The minimum atomic E-state index is -2.08. The molecular weight excluding hydrogens is 466 g/mol. The zero-order chi connectivity index (χ0) is 24.6. The number of fused-ring (bicyclic) bond motifs is 3. The highest BCUT2D eigenvalue weighted by atomic mass is 35.5. The summed E-state index contributed by atoms with van der Waals surface area (Å²) in [6, 6.07) is 18.5. The number of aryl methyl sites for hydroxylation is 2. The number of Topliss-reactive ketones (excluding diaryl/α,β-unsaturated/α-hetero) is 2. The van der Waals surface area contributed by atoms with E-state index in [2.05, 4.69) is 0 Å². The second-order valence-electron chi connectivity index (χ2n) is 9.33. The average Bonchev–Trinajstić information content (AvgIpc) is 3.40. The first-order chi connectivity index (χ1) is 16.8. The van der Waals surface area contributed by atoms with Gasteiger partial charge < -0.3 is 4.74 Å². The molecule has 35 heavy (non-hydrogen) atoms. The molecule has 3 aromatic carbocycles. The molecule has 1 spiro atoms. The van der Waals surface area contributed by atoms with Crippen LogP contribution in [0.3, 0.4) is 0 Å². The summed E-state index contributed by atoms with van der Waals surface area (Å²) in [5.74, 6) is -4.55. The van der Waals surface area contributed by atoms with E-state index in [-0.39, 0.29) is 11.1 Å². The highest BCUT2D eigenvalue weighted by Gasteiger charge is 2.74. The maximum atomic E-state index is 14.0. The molecule has 1 aliphatic carbocycles. The van der Waals surface area contributed by atoms with Crippen molar-refractivity contribution in [2.45, 2.75) is 25.6 Å². The Balaban J connectivity index is 1.55. The fourth-order valence-electron chi connectivity index (χ4n) is 5.76. The molecule has 6 nitrogen and oxygen atoms in total. The predicted molar refractivity (Wildman–Crippen MR) is 129 cm³/mol. The predicted octanol–water partition coefficient (Wildman–Crippen LogP) is 4.65. The van der Waals surface area contributed by atoms with Gasteiger partial charge in [0.15, 0.2) is 0 Å². The molecule has 3 atom stereocenters. The molecule has 6 rings (SSSR count). The van der Waals surface area contributed by atoms with Gasteiger partial charge >= 0.3 is 0 Å². The maximum Gasteiger partial charge on any atom is 0.241 e. The molecule has 2 heterocycles. The molecule has 0 unspecified atom stereocenters. The van der Waals surface area contributed by atoms with Crippen LogP contribution in [-0.2, 0) is 14.3 Å². The number of amides is 2. The topological polar surface area (TPSA) is 80.8 Å². The number of nitrogens with zero attached hydrogens (tertiary/aromatic N) is 1. The van der Waals surface area contributed by atoms with E-state index in [0.29, 0.717) is 16.3 Å². The Labute approximate surface area is 206 Å². The van der Waals surface area contributed by atoms with Crippen LogP contribution in [0.2, 0.25) is 5.02 Å². The molecule has 2 aliphatic heterocycles. The lowest BCUT2D eigenvalue weighted by atomic mass is 9.77. The Morgan fingerprint density at radius 3 is 2.06 bits per heavy atom. The number of carbonyl (C=O) groups excluding carboxylic acids is 4. The van der Waals surface area contributed by atoms with Crippen LogP contribution in [0.25, 0.3) is 0 Å². The van der Waals surface area contributed by atoms with Crippen molar-refractivity contribution in [2.75, 3.05) is 4.90 Å². The van der Waals surface area contributed by atoms with Crippen molar-refractivity contribution >= 4 is 40.7 Å². The summed E-state index contributed by atoms with van der Waals surface area (Å²) in [7, 11) is 0. The quantitative estimate of drug-likeness (QED) is 0.390. The number of ether oxygens (including phenoxy) is 1. The molecule has 174 valence electrons. The van der Waals surface area contributed by atoms with Crippen LogP contribution in [0.15, 0.2) is 66.7 Å². The van der Waals surface area contributed by atoms with Crippen molar-refractivity contribution in [2.24, 2.45) is 11.8 Å². The second-order valence-corrected chi connectivity index (χ2v) is 9.77. The summed E-state index contributed by atoms with van der Waals surface area (Å²) in [4.78, 5) is 56.5. The van der Waals surface area contributed by atoms with E-state index < -0.39 is 46.9 Å². The lowest BCUT2D eigenvalue weighted by molar-refractivity contribution is -0.127. The minimum Gasteiger partial charge on any atom is -0.349 e. The summed E-state index contributed by atoms with van der Waals surface area (Å²) in [6.07, 6.45) is -0.966. The van der Waals surface area contributed by atoms with Crippen molar-refractivity contribution in [3.05, 3.63) is 99.6 Å². The van der Waals surface area contributed by atoms with Crippen LogP contribution in [0.4, 0.5) is 5.69 Å². The minimum absolute atomic E-state index is 0.207. The largest absolute Gasteiger partial charge is 0.349 e. The first kappa shape index (κ1) is 21.9. The first-order valence-corrected chi connectivity index (χ1v) is 11.7. The van der Waals surface area contributed by atoms with E-state index in [1.54, 1.807) is 54.6 Å². The van der Waals surface area contributed by atoms with Crippen molar-refractivity contribution in [1.82, 2.24) is 0 Å². The summed E-state index contributed by atoms with van der Waals surface area (Å²) >= 11 is 6.06. The number of carbonyl (C=O) groups is 4. The number of hydrogen-bond donors (Lipinski definition) is 0. The zero-order valence-corrected chi connectivity index (χ0v) is 19.7. The molecule has 2 saturated heterocycles. The van der Waals surface area contributed by atoms with Crippen LogP contribution in [0, 0.1) is 25.7 Å². The Kier molecular flexibility index (Phi) is 4.66. The van der Waals surface area contributed by atoms with Crippen LogP contribution in [0.1, 0.15) is 43.5 Å². The Hall–Kier alpha value is -3.61. The molecule has 3 aromatic rings. The van der Waals surface area contributed by atoms with Crippen LogP contribution < -0.4 is 4.90 Å². The third kappa shape index (κ3) is 2.81. The van der Waals surface area contributed by atoms with Gasteiger partial charge in [-0.25, -0.2) is 4.90 Å². The van der Waals surface area contributed by atoms with Crippen molar-refractivity contribution < 1.29 is 23.9 Å². The number of anilines is 1. The van der Waals surface area contributed by atoms with E-state index >= 15 is 0 Å². The highest BCUT2D eigenvalue weighted by molar-refractivity contribution is 6.37. The van der Waals surface area contributed by atoms with E-state index in [4.69, 9.17) is 16.3 Å². The van der Waals surface area contributed by atoms with Gasteiger partial charge in [-0.3, -0.25) is 19.2 Å². The normalized spacial score (nSPS) is 24.4. The van der Waals surface area contributed by atoms with Crippen LogP contribution >= 0.6 is 11.6 Å². The van der Waals surface area contributed by atoms with Gasteiger partial charge in [-0.2, -0.15) is 0 Å². The Bertz CT molecular complexity index is 1430. The second kappa shape index (κ2) is 7.44. The van der Waals surface area contributed by atoms with Gasteiger partial charge in [0.2, 0.25) is 29.0 Å². The number of halogens is 1. The average molecular weight is 486 g/mol. The van der Waals surface area contributed by atoms with Crippen LogP contribution in [0.5, 0.6) is 0 Å². The summed E-state index contributed by atoms with van der Waals surface area (Å²) in [6.45, 7) is 3.74. The number of rotatable bonds is 2. The lowest BCUT2D eigenvalue weighted by Gasteiger charge is -2.27. The Morgan fingerprint density at radius 1 is 0.829 bits per heavy atom. The molecule has 0 bridgehead atoms. The first-order valence-electron chi connectivity index (χ1n) is 11.3. The molecule has 3 aliphatic rings. The number of ketones is 2. The van der Waals surface area contributed by atoms with E-state index in [1.807, 2.05) is 26.0 Å². The SMILES string of the molecule is Cc1ccc(N2C(=O)[C@@H]3[C@H](c4ccc(Cl)cc4)OC4(C(=O)c5ccccc5C4=O)[C@H]3C2=O)c(C)c1. The highest BCUT2D eigenvalue weighted by Crippen LogP contribution is 2.57. The van der Waals surface area contributed by atoms with E-state index in [1.165, 1.54) is 0 Å². The molecule has 2 fully saturated rings. The Morgan fingerprint density at radius 2 is 1.46 bits per heavy atom. The van der Waals surface area contributed by atoms with E-state index in [0.717, 1.165) is 16.0 Å². The van der Waals surface area contributed by atoms with Gasteiger partial charge in [0.05, 0.1) is 23.6 Å². The molecular formula is C28H20ClNO5. The van der Waals surface area contributed by atoms with Gasteiger partial charge in [-0.1, -0.05) is 65.7 Å². The summed E-state index contributed by atoms with van der Waals surface area (Å²) in [5, 5.41) is 0.490. The van der Waals surface area contributed by atoms with Gasteiger partial charge in [-0.15, -0.1) is 0 Å². The smallest absolute Gasteiger partial charge is 0.241 e. The summed E-state index contributed by atoms with van der Waals surface area (Å²) in [5.41, 5.74) is 1.08.